The summed E-state index contributed by atoms with van der Waals surface area (Å²) >= 11 is 3.57. The molecule has 0 saturated heterocycles. The van der Waals surface area contributed by atoms with Crippen LogP contribution in [0, 0.1) is 6.92 Å². The van der Waals surface area contributed by atoms with E-state index in [2.05, 4.69) is 59.1 Å². The maximum Gasteiger partial charge on any atom is 0.211 e. The molecule has 0 spiro atoms. The van der Waals surface area contributed by atoms with Crippen LogP contribution >= 0.6 is 15.9 Å². The summed E-state index contributed by atoms with van der Waals surface area (Å²) in [6.07, 6.45) is 2.89. The van der Waals surface area contributed by atoms with Crippen LogP contribution in [-0.4, -0.2) is 11.5 Å². The zero-order chi connectivity index (χ0) is 13.8. The second kappa shape index (κ2) is 6.35. The Hall–Kier alpha value is -1.13. The Bertz CT molecular complexity index is 551. The van der Waals surface area contributed by atoms with Gasteiger partial charge >= 0.3 is 0 Å². The Kier molecular flexibility index (Phi) is 4.77. The molecule has 2 rings (SSSR count). The van der Waals surface area contributed by atoms with Gasteiger partial charge in [0.05, 0.1) is 12.2 Å². The summed E-state index contributed by atoms with van der Waals surface area (Å²) in [5.41, 5.74) is 2.25. The van der Waals surface area contributed by atoms with Gasteiger partial charge in [0, 0.05) is 10.0 Å². The van der Waals surface area contributed by atoms with Crippen LogP contribution in [0.15, 0.2) is 33.3 Å². The number of benzene rings is 1. The lowest BCUT2D eigenvalue weighted by Gasteiger charge is -2.08. The highest BCUT2D eigenvalue weighted by Gasteiger charge is 2.14. The first-order chi connectivity index (χ1) is 9.11. The van der Waals surface area contributed by atoms with E-state index in [1.165, 1.54) is 5.56 Å². The molecule has 19 heavy (non-hydrogen) atoms. The van der Waals surface area contributed by atoms with Crippen molar-refractivity contribution < 1.29 is 4.42 Å². The van der Waals surface area contributed by atoms with Crippen LogP contribution in [0.1, 0.15) is 37.8 Å². The first-order valence-electron chi connectivity index (χ1n) is 6.57. The largest absolute Gasteiger partial charge is 0.439 e. The van der Waals surface area contributed by atoms with Crippen molar-refractivity contribution in [2.75, 3.05) is 6.54 Å². The first kappa shape index (κ1) is 14.3. The van der Waals surface area contributed by atoms with E-state index in [9.17, 15) is 0 Å². The van der Waals surface area contributed by atoms with Gasteiger partial charge in [-0.2, -0.15) is 0 Å². The average Bonchev–Trinajstić information content (AvgIpc) is 2.85. The van der Waals surface area contributed by atoms with Gasteiger partial charge in [0.1, 0.15) is 0 Å². The van der Waals surface area contributed by atoms with Gasteiger partial charge in [0.25, 0.3) is 0 Å². The predicted octanol–water partition coefficient (Wildman–Crippen LogP) is 4.47. The predicted molar refractivity (Wildman–Crippen MR) is 81.1 cm³/mol. The lowest BCUT2D eigenvalue weighted by atomic mass is 10.1. The third-order valence-electron chi connectivity index (χ3n) is 2.98. The SMILES string of the molecule is CCCNC(C)c1ncc(-c2ccc(C)cc2Br)o1. The van der Waals surface area contributed by atoms with Gasteiger partial charge in [0.15, 0.2) is 5.76 Å². The standard InChI is InChI=1S/C15H19BrN2O/c1-4-7-17-11(3)15-18-9-14(19-15)12-6-5-10(2)8-13(12)16/h5-6,8-9,11,17H,4,7H2,1-3H3. The third kappa shape index (κ3) is 3.45. The second-order valence-corrected chi connectivity index (χ2v) is 5.58. The zero-order valence-corrected chi connectivity index (χ0v) is 13.1. The van der Waals surface area contributed by atoms with Gasteiger partial charge in [-0.25, -0.2) is 4.98 Å². The van der Waals surface area contributed by atoms with Crippen LogP contribution in [0.3, 0.4) is 0 Å². The number of aryl methyl sites for hydroxylation is 1. The number of aromatic nitrogens is 1. The molecule has 0 aliphatic carbocycles. The smallest absolute Gasteiger partial charge is 0.211 e. The summed E-state index contributed by atoms with van der Waals surface area (Å²) in [6, 6.07) is 6.34. The van der Waals surface area contributed by atoms with Crippen LogP contribution in [0.4, 0.5) is 0 Å². The summed E-state index contributed by atoms with van der Waals surface area (Å²) in [4.78, 5) is 4.36. The van der Waals surface area contributed by atoms with Gasteiger partial charge in [-0.3, -0.25) is 0 Å². The molecule has 0 aliphatic heterocycles. The maximum absolute atomic E-state index is 5.85. The van der Waals surface area contributed by atoms with Gasteiger partial charge in [-0.05, 0) is 44.5 Å². The fraction of sp³-hybridized carbons (Fsp3) is 0.400. The molecule has 0 amide bonds. The highest BCUT2D eigenvalue weighted by Crippen LogP contribution is 2.30. The molecule has 2 aromatic rings. The van der Waals surface area contributed by atoms with Crippen molar-refractivity contribution in [1.29, 1.82) is 0 Å². The highest BCUT2D eigenvalue weighted by molar-refractivity contribution is 9.10. The molecule has 3 nitrogen and oxygen atoms in total. The first-order valence-corrected chi connectivity index (χ1v) is 7.36. The van der Waals surface area contributed by atoms with Crippen molar-refractivity contribution in [3.63, 3.8) is 0 Å². The zero-order valence-electron chi connectivity index (χ0n) is 11.5. The van der Waals surface area contributed by atoms with E-state index in [0.29, 0.717) is 0 Å². The van der Waals surface area contributed by atoms with Crippen molar-refractivity contribution in [3.05, 3.63) is 40.3 Å². The monoisotopic (exact) mass is 322 g/mol. The molecule has 1 heterocycles. The Morgan fingerprint density at radius 2 is 2.21 bits per heavy atom. The molecule has 1 N–H and O–H groups in total. The number of hydrogen-bond acceptors (Lipinski definition) is 3. The van der Waals surface area contributed by atoms with E-state index in [1.54, 1.807) is 6.20 Å². The number of halogens is 1. The minimum absolute atomic E-state index is 0.137. The van der Waals surface area contributed by atoms with Crippen LogP contribution < -0.4 is 5.32 Å². The van der Waals surface area contributed by atoms with Crippen LogP contribution in [0.2, 0.25) is 0 Å². The van der Waals surface area contributed by atoms with E-state index in [4.69, 9.17) is 4.42 Å². The summed E-state index contributed by atoms with van der Waals surface area (Å²) in [5, 5.41) is 3.37. The number of nitrogens with one attached hydrogen (secondary N) is 1. The van der Waals surface area contributed by atoms with Crippen molar-refractivity contribution in [2.24, 2.45) is 0 Å². The molecule has 1 unspecified atom stereocenters. The minimum Gasteiger partial charge on any atom is -0.439 e. The molecule has 1 atom stereocenters. The molecule has 1 aromatic heterocycles. The summed E-state index contributed by atoms with van der Waals surface area (Å²) in [6.45, 7) is 7.24. The number of hydrogen-bond donors (Lipinski definition) is 1. The average molecular weight is 323 g/mol. The van der Waals surface area contributed by atoms with E-state index < -0.39 is 0 Å². The van der Waals surface area contributed by atoms with Crippen LogP contribution in [0.25, 0.3) is 11.3 Å². The fourth-order valence-electron chi connectivity index (χ4n) is 1.88. The van der Waals surface area contributed by atoms with Crippen molar-refractivity contribution in [3.8, 4) is 11.3 Å². The number of rotatable bonds is 5. The van der Waals surface area contributed by atoms with E-state index >= 15 is 0 Å². The van der Waals surface area contributed by atoms with Gasteiger partial charge in [0.2, 0.25) is 5.89 Å². The third-order valence-corrected chi connectivity index (χ3v) is 3.64. The lowest BCUT2D eigenvalue weighted by Crippen LogP contribution is -2.19. The second-order valence-electron chi connectivity index (χ2n) is 4.72. The number of nitrogens with zero attached hydrogens (tertiary/aromatic N) is 1. The molecule has 102 valence electrons. The Labute approximate surface area is 122 Å². The highest BCUT2D eigenvalue weighted by atomic mass is 79.9. The van der Waals surface area contributed by atoms with Gasteiger partial charge in [-0.15, -0.1) is 0 Å². The van der Waals surface area contributed by atoms with E-state index in [1.807, 2.05) is 6.07 Å². The van der Waals surface area contributed by atoms with Crippen molar-refractivity contribution >= 4 is 15.9 Å². The van der Waals surface area contributed by atoms with Crippen LogP contribution in [-0.2, 0) is 0 Å². The maximum atomic E-state index is 5.85. The van der Waals surface area contributed by atoms with Gasteiger partial charge < -0.3 is 9.73 Å². The quantitative estimate of drug-likeness (QED) is 0.882. The molecule has 1 aromatic carbocycles. The molecule has 0 fully saturated rings. The van der Waals surface area contributed by atoms with Crippen LogP contribution in [0.5, 0.6) is 0 Å². The van der Waals surface area contributed by atoms with Crippen molar-refractivity contribution in [1.82, 2.24) is 10.3 Å². The Balaban J connectivity index is 2.20. The molecule has 4 heteroatoms. The van der Waals surface area contributed by atoms with Crippen molar-refractivity contribution in [2.45, 2.75) is 33.2 Å². The Morgan fingerprint density at radius 1 is 1.42 bits per heavy atom. The van der Waals surface area contributed by atoms with E-state index in [0.717, 1.165) is 34.7 Å². The normalized spacial score (nSPS) is 12.6. The molecule has 0 radical (unpaired) electrons. The minimum atomic E-state index is 0.137. The number of oxazole rings is 1. The molecule has 0 aliphatic rings. The molecule has 0 saturated carbocycles. The fourth-order valence-corrected chi connectivity index (χ4v) is 2.57. The summed E-state index contributed by atoms with van der Waals surface area (Å²) in [7, 11) is 0. The lowest BCUT2D eigenvalue weighted by molar-refractivity contribution is 0.423. The topological polar surface area (TPSA) is 38.1 Å². The van der Waals surface area contributed by atoms with E-state index in [-0.39, 0.29) is 6.04 Å². The molecule has 0 bridgehead atoms. The summed E-state index contributed by atoms with van der Waals surface area (Å²) in [5.74, 6) is 1.53. The summed E-state index contributed by atoms with van der Waals surface area (Å²) < 4.78 is 6.88. The van der Waals surface area contributed by atoms with Gasteiger partial charge in [-0.1, -0.05) is 28.9 Å². The molecular weight excluding hydrogens is 304 g/mol. The Morgan fingerprint density at radius 3 is 2.89 bits per heavy atom. The molecular formula is C15H19BrN2O.